The summed E-state index contributed by atoms with van der Waals surface area (Å²) >= 11 is 0. The van der Waals surface area contributed by atoms with E-state index in [0.717, 1.165) is 30.6 Å². The van der Waals surface area contributed by atoms with Crippen molar-refractivity contribution in [2.24, 2.45) is 5.73 Å². The summed E-state index contributed by atoms with van der Waals surface area (Å²) in [6.07, 6.45) is 3.33. The van der Waals surface area contributed by atoms with Crippen LogP contribution in [0.5, 0.6) is 5.75 Å². The van der Waals surface area contributed by atoms with Crippen molar-refractivity contribution >= 4 is 0 Å². The summed E-state index contributed by atoms with van der Waals surface area (Å²) in [6.45, 7) is 2.69. The van der Waals surface area contributed by atoms with Crippen molar-refractivity contribution in [2.45, 2.75) is 38.1 Å². The van der Waals surface area contributed by atoms with Gasteiger partial charge in [-0.25, -0.2) is 0 Å². The molecule has 4 heteroatoms. The molecule has 0 aliphatic rings. The fraction of sp³-hybridized carbons (Fsp3) is 0.600. The van der Waals surface area contributed by atoms with Crippen LogP contribution in [0.1, 0.15) is 31.7 Å². The van der Waals surface area contributed by atoms with E-state index in [1.54, 1.807) is 0 Å². The normalized spacial score (nSPS) is 14.1. The Bertz CT molecular complexity index is 349. The zero-order valence-electron chi connectivity index (χ0n) is 11.6. The smallest absolute Gasteiger partial charge is 0.119 e. The Labute approximate surface area is 115 Å². The number of nitrogens with two attached hydrogens (primary N) is 1. The molecule has 108 valence electrons. The van der Waals surface area contributed by atoms with E-state index in [1.165, 1.54) is 0 Å². The van der Waals surface area contributed by atoms with Gasteiger partial charge in [-0.2, -0.15) is 0 Å². The third kappa shape index (κ3) is 6.57. The first-order valence-corrected chi connectivity index (χ1v) is 6.80. The molecule has 0 radical (unpaired) electrons. The molecule has 4 nitrogen and oxygen atoms in total. The molecule has 0 aliphatic heterocycles. The lowest BCUT2D eigenvalue weighted by Gasteiger charge is -2.21. The van der Waals surface area contributed by atoms with Gasteiger partial charge in [0.05, 0.1) is 13.2 Å². The molecule has 0 saturated carbocycles. The molecule has 0 spiro atoms. The van der Waals surface area contributed by atoms with Crippen molar-refractivity contribution in [3.63, 3.8) is 0 Å². The molecule has 1 aromatic carbocycles. The number of ether oxygens (including phenoxy) is 1. The Morgan fingerprint density at radius 3 is 2.42 bits per heavy atom. The monoisotopic (exact) mass is 267 g/mol. The Hall–Kier alpha value is -1.10. The van der Waals surface area contributed by atoms with Crippen molar-refractivity contribution in [1.29, 1.82) is 0 Å². The SMILES string of the molecule is CC(N)(CO)CCCCOc1ccc(CCO)cc1. The number of hydrogen-bond acceptors (Lipinski definition) is 4. The molecule has 0 heterocycles. The highest BCUT2D eigenvalue weighted by atomic mass is 16.5. The van der Waals surface area contributed by atoms with Gasteiger partial charge in [0.2, 0.25) is 0 Å². The molecule has 19 heavy (non-hydrogen) atoms. The molecule has 0 amide bonds. The standard InChI is InChI=1S/C15H25NO3/c1-15(16,12-18)9-2-3-11-19-14-6-4-13(5-7-14)8-10-17/h4-7,17-18H,2-3,8-12,16H2,1H3. The van der Waals surface area contributed by atoms with Crippen LogP contribution >= 0.6 is 0 Å². The minimum Gasteiger partial charge on any atom is -0.494 e. The molecular formula is C15H25NO3. The van der Waals surface area contributed by atoms with Gasteiger partial charge in [0.1, 0.15) is 5.75 Å². The maximum absolute atomic E-state index is 9.02. The highest BCUT2D eigenvalue weighted by Gasteiger charge is 2.15. The lowest BCUT2D eigenvalue weighted by molar-refractivity contribution is 0.194. The molecule has 1 atom stereocenters. The molecule has 0 bridgehead atoms. The number of unbranched alkanes of at least 4 members (excludes halogenated alkanes) is 1. The van der Waals surface area contributed by atoms with Gasteiger partial charge in [-0.1, -0.05) is 12.1 Å². The zero-order chi connectivity index (χ0) is 14.1. The van der Waals surface area contributed by atoms with E-state index in [-0.39, 0.29) is 13.2 Å². The third-order valence-corrected chi connectivity index (χ3v) is 3.10. The van der Waals surface area contributed by atoms with E-state index in [4.69, 9.17) is 20.7 Å². The summed E-state index contributed by atoms with van der Waals surface area (Å²) in [5, 5.41) is 17.8. The minimum absolute atomic E-state index is 0.0141. The fourth-order valence-corrected chi connectivity index (χ4v) is 1.78. The van der Waals surface area contributed by atoms with Crippen molar-refractivity contribution < 1.29 is 14.9 Å². The predicted molar refractivity (Wildman–Crippen MR) is 76.3 cm³/mol. The van der Waals surface area contributed by atoms with Crippen LogP contribution in [0.2, 0.25) is 0 Å². The quantitative estimate of drug-likeness (QED) is 0.592. The second-order valence-electron chi connectivity index (χ2n) is 5.24. The van der Waals surface area contributed by atoms with Crippen LogP contribution in [0, 0.1) is 0 Å². The van der Waals surface area contributed by atoms with Crippen LogP contribution in [0.25, 0.3) is 0 Å². The second kappa shape index (κ2) is 8.15. The van der Waals surface area contributed by atoms with Crippen molar-refractivity contribution in [3.05, 3.63) is 29.8 Å². The van der Waals surface area contributed by atoms with Gasteiger partial charge in [0.25, 0.3) is 0 Å². The summed E-state index contributed by atoms with van der Waals surface area (Å²) in [4.78, 5) is 0. The van der Waals surface area contributed by atoms with Crippen molar-refractivity contribution in [1.82, 2.24) is 0 Å². The van der Waals surface area contributed by atoms with Gasteiger partial charge < -0.3 is 20.7 Å². The fourth-order valence-electron chi connectivity index (χ4n) is 1.78. The summed E-state index contributed by atoms with van der Waals surface area (Å²) in [5.41, 5.74) is 6.47. The predicted octanol–water partition coefficient (Wildman–Crippen LogP) is 1.48. The average molecular weight is 267 g/mol. The number of benzene rings is 1. The number of hydrogen-bond donors (Lipinski definition) is 3. The van der Waals surface area contributed by atoms with Crippen LogP contribution in [0.3, 0.4) is 0 Å². The van der Waals surface area contributed by atoms with E-state index < -0.39 is 5.54 Å². The van der Waals surface area contributed by atoms with Gasteiger partial charge in [-0.3, -0.25) is 0 Å². The lowest BCUT2D eigenvalue weighted by Crippen LogP contribution is -2.39. The first-order valence-electron chi connectivity index (χ1n) is 6.80. The van der Waals surface area contributed by atoms with E-state index in [9.17, 15) is 0 Å². The highest BCUT2D eigenvalue weighted by molar-refractivity contribution is 5.27. The number of rotatable bonds is 9. The molecule has 1 unspecified atom stereocenters. The largest absolute Gasteiger partial charge is 0.494 e. The van der Waals surface area contributed by atoms with Crippen LogP contribution in [-0.4, -0.2) is 35.6 Å². The Morgan fingerprint density at radius 1 is 1.16 bits per heavy atom. The Balaban J connectivity index is 2.19. The maximum Gasteiger partial charge on any atom is 0.119 e. The summed E-state index contributed by atoms with van der Waals surface area (Å²) < 4.78 is 5.62. The van der Waals surface area contributed by atoms with Gasteiger partial charge in [-0.15, -0.1) is 0 Å². The van der Waals surface area contributed by atoms with Crippen molar-refractivity contribution in [2.75, 3.05) is 19.8 Å². The van der Waals surface area contributed by atoms with Crippen LogP contribution in [0.15, 0.2) is 24.3 Å². The van der Waals surface area contributed by atoms with E-state index >= 15 is 0 Å². The summed E-state index contributed by atoms with van der Waals surface area (Å²) in [7, 11) is 0. The lowest BCUT2D eigenvalue weighted by atomic mass is 9.97. The number of aliphatic hydroxyl groups excluding tert-OH is 2. The zero-order valence-corrected chi connectivity index (χ0v) is 11.6. The van der Waals surface area contributed by atoms with Gasteiger partial charge in [0, 0.05) is 12.1 Å². The van der Waals surface area contributed by atoms with E-state index in [0.29, 0.717) is 13.0 Å². The first-order chi connectivity index (χ1) is 9.07. The topological polar surface area (TPSA) is 75.7 Å². The molecule has 1 aromatic rings. The molecule has 4 N–H and O–H groups in total. The van der Waals surface area contributed by atoms with Gasteiger partial charge >= 0.3 is 0 Å². The molecule has 0 aliphatic carbocycles. The van der Waals surface area contributed by atoms with Gasteiger partial charge in [0.15, 0.2) is 0 Å². The molecule has 1 rings (SSSR count). The van der Waals surface area contributed by atoms with Crippen LogP contribution < -0.4 is 10.5 Å². The average Bonchev–Trinajstić information content (AvgIpc) is 2.40. The van der Waals surface area contributed by atoms with Crippen LogP contribution in [-0.2, 0) is 6.42 Å². The molecule has 0 saturated heterocycles. The minimum atomic E-state index is -0.480. The summed E-state index contributed by atoms with van der Waals surface area (Å²) in [5.74, 6) is 0.847. The molecule has 0 aromatic heterocycles. The number of aliphatic hydroxyl groups is 2. The maximum atomic E-state index is 9.02. The summed E-state index contributed by atoms with van der Waals surface area (Å²) in [6, 6.07) is 7.78. The third-order valence-electron chi connectivity index (χ3n) is 3.10. The highest BCUT2D eigenvalue weighted by Crippen LogP contribution is 2.14. The van der Waals surface area contributed by atoms with Crippen LogP contribution in [0.4, 0.5) is 0 Å². The Morgan fingerprint density at radius 2 is 1.84 bits per heavy atom. The first kappa shape index (κ1) is 16.0. The van der Waals surface area contributed by atoms with E-state index in [1.807, 2.05) is 31.2 Å². The molecule has 0 fully saturated rings. The van der Waals surface area contributed by atoms with E-state index in [2.05, 4.69) is 0 Å². The van der Waals surface area contributed by atoms with Crippen molar-refractivity contribution in [3.8, 4) is 5.75 Å². The van der Waals surface area contributed by atoms with Gasteiger partial charge in [-0.05, 0) is 50.3 Å². The molecular weight excluding hydrogens is 242 g/mol. The Kier molecular flexibility index (Phi) is 6.84. The second-order valence-corrected chi connectivity index (χ2v) is 5.24.